The lowest BCUT2D eigenvalue weighted by Gasteiger charge is -2.34. The van der Waals surface area contributed by atoms with E-state index in [1.54, 1.807) is 6.20 Å². The molecule has 1 saturated heterocycles. The summed E-state index contributed by atoms with van der Waals surface area (Å²) < 4.78 is 4.33. The maximum atomic E-state index is 12.0. The van der Waals surface area contributed by atoms with Crippen LogP contribution in [0.25, 0.3) is 11.5 Å². The minimum absolute atomic E-state index is 0.137. The van der Waals surface area contributed by atoms with E-state index in [1.807, 2.05) is 25.1 Å². The first-order valence-electron chi connectivity index (χ1n) is 8.20. The lowest BCUT2D eigenvalue weighted by Crippen LogP contribution is -2.55. The first-order valence-corrected chi connectivity index (χ1v) is 9.16. The van der Waals surface area contributed by atoms with E-state index in [-0.39, 0.29) is 5.91 Å². The monoisotopic (exact) mass is 439 g/mol. The van der Waals surface area contributed by atoms with Crippen molar-refractivity contribution >= 4 is 28.8 Å². The molecule has 1 N–H and O–H groups in total. The molecule has 6 nitrogen and oxygen atoms in total. The van der Waals surface area contributed by atoms with Crippen LogP contribution in [0.5, 0.6) is 0 Å². The molecule has 24 heavy (non-hydrogen) atoms. The van der Waals surface area contributed by atoms with Gasteiger partial charge in [-0.15, -0.1) is 0 Å². The maximum absolute atomic E-state index is 12.0. The number of nitrogens with one attached hydrogen (secondary N) is 1. The molecule has 0 aliphatic carbocycles. The first-order chi connectivity index (χ1) is 11.5. The van der Waals surface area contributed by atoms with E-state index >= 15 is 0 Å². The fraction of sp³-hybridized carbons (Fsp3) is 0.471. The van der Waals surface area contributed by atoms with Gasteiger partial charge in [-0.05, 0) is 32.4 Å². The zero-order valence-electron chi connectivity index (χ0n) is 14.0. The quantitative estimate of drug-likeness (QED) is 0.555. The van der Waals surface area contributed by atoms with Crippen LogP contribution >= 0.6 is 22.9 Å². The zero-order valence-corrected chi connectivity index (χ0v) is 16.2. The van der Waals surface area contributed by atoms with Crippen LogP contribution in [0.2, 0.25) is 0 Å². The molecule has 2 aromatic rings. The molecule has 3 rings (SSSR count). The second kappa shape index (κ2) is 7.60. The Hall–Kier alpha value is -1.48. The highest BCUT2D eigenvalue weighted by molar-refractivity contribution is 14.1. The van der Waals surface area contributed by atoms with E-state index in [9.17, 15) is 4.79 Å². The molecule has 1 aliphatic heterocycles. The van der Waals surface area contributed by atoms with E-state index in [0.717, 1.165) is 49.0 Å². The molecule has 2 aromatic heterocycles. The molecule has 0 radical (unpaired) electrons. The number of halogens is 1. The van der Waals surface area contributed by atoms with Crippen LogP contribution in [0.15, 0.2) is 24.4 Å². The Morgan fingerprint density at radius 1 is 1.38 bits per heavy atom. The standard InChI is InChI=1S/C17H22IN5O/c1-12-13(2)23(17(20-12)15-6-3-4-8-19-15)9-5-7-16(24)21-14-10-22(18)11-14/h3-4,6,8,14H,5,7,9-11H2,1-2H3,(H,21,24). The Morgan fingerprint density at radius 3 is 2.83 bits per heavy atom. The van der Waals surface area contributed by atoms with E-state index in [0.29, 0.717) is 12.5 Å². The van der Waals surface area contributed by atoms with Crippen molar-refractivity contribution in [3.8, 4) is 11.5 Å². The van der Waals surface area contributed by atoms with Gasteiger partial charge in [0.2, 0.25) is 5.91 Å². The van der Waals surface area contributed by atoms with Crippen LogP contribution in [0.3, 0.4) is 0 Å². The predicted molar refractivity (Wildman–Crippen MR) is 102 cm³/mol. The molecule has 7 heteroatoms. The van der Waals surface area contributed by atoms with Crippen LogP contribution in [0.1, 0.15) is 24.2 Å². The number of rotatable bonds is 6. The van der Waals surface area contributed by atoms with Crippen molar-refractivity contribution in [2.75, 3.05) is 13.1 Å². The van der Waals surface area contributed by atoms with Crippen molar-refractivity contribution in [2.45, 2.75) is 39.3 Å². The normalized spacial score (nSPS) is 15.3. The number of imidazole rings is 1. The Bertz CT molecular complexity index is 709. The van der Waals surface area contributed by atoms with Crippen LogP contribution in [-0.2, 0) is 11.3 Å². The molecular weight excluding hydrogens is 417 g/mol. The lowest BCUT2D eigenvalue weighted by atomic mass is 10.1. The molecule has 0 saturated carbocycles. The Balaban J connectivity index is 1.60. The Labute approximate surface area is 156 Å². The third-order valence-corrected chi connectivity index (χ3v) is 5.13. The molecule has 3 heterocycles. The van der Waals surface area contributed by atoms with Gasteiger partial charge in [0.1, 0.15) is 5.69 Å². The van der Waals surface area contributed by atoms with Gasteiger partial charge in [-0.2, -0.15) is 0 Å². The smallest absolute Gasteiger partial charge is 0.220 e. The van der Waals surface area contributed by atoms with Gasteiger partial charge in [0, 0.05) is 60.8 Å². The molecule has 0 unspecified atom stereocenters. The fourth-order valence-electron chi connectivity index (χ4n) is 2.83. The molecule has 1 aliphatic rings. The highest BCUT2D eigenvalue weighted by atomic mass is 127. The molecule has 0 bridgehead atoms. The van der Waals surface area contributed by atoms with Crippen molar-refractivity contribution < 1.29 is 4.79 Å². The molecule has 0 atom stereocenters. The predicted octanol–water partition coefficient (Wildman–Crippen LogP) is 2.49. The summed E-state index contributed by atoms with van der Waals surface area (Å²) in [6, 6.07) is 6.15. The van der Waals surface area contributed by atoms with Crippen LogP contribution in [-0.4, -0.2) is 42.7 Å². The number of carbonyl (C=O) groups is 1. The van der Waals surface area contributed by atoms with Crippen molar-refractivity contribution in [1.29, 1.82) is 0 Å². The van der Waals surface area contributed by atoms with E-state index in [4.69, 9.17) is 0 Å². The number of hydrogen-bond acceptors (Lipinski definition) is 4. The SMILES string of the molecule is Cc1nc(-c2ccccn2)n(CCCC(=O)NC2CN(I)C2)c1C. The average Bonchev–Trinajstić information content (AvgIpc) is 2.83. The fourth-order valence-corrected chi connectivity index (χ4v) is 3.78. The number of pyridine rings is 1. The number of amides is 1. The van der Waals surface area contributed by atoms with Crippen LogP contribution < -0.4 is 5.32 Å². The van der Waals surface area contributed by atoms with Crippen molar-refractivity contribution in [1.82, 2.24) is 23.0 Å². The summed E-state index contributed by atoms with van der Waals surface area (Å²) in [5.74, 6) is 1.02. The van der Waals surface area contributed by atoms with Gasteiger partial charge in [-0.3, -0.25) is 9.78 Å². The number of carbonyl (C=O) groups excluding carboxylic acids is 1. The topological polar surface area (TPSA) is 63.1 Å². The molecule has 1 amide bonds. The molecule has 1 fully saturated rings. The van der Waals surface area contributed by atoms with Gasteiger partial charge >= 0.3 is 0 Å². The zero-order chi connectivity index (χ0) is 17.1. The second-order valence-corrected chi connectivity index (χ2v) is 7.53. The minimum atomic E-state index is 0.137. The average molecular weight is 439 g/mol. The lowest BCUT2D eigenvalue weighted by molar-refractivity contribution is -0.122. The summed E-state index contributed by atoms with van der Waals surface area (Å²) in [7, 11) is 0. The number of hydrogen-bond donors (Lipinski definition) is 1. The van der Waals surface area contributed by atoms with Crippen molar-refractivity contribution in [2.24, 2.45) is 0 Å². The summed E-state index contributed by atoms with van der Waals surface area (Å²) in [6.45, 7) is 6.73. The number of aryl methyl sites for hydroxylation is 1. The first kappa shape index (κ1) is 17.3. The van der Waals surface area contributed by atoms with Crippen molar-refractivity contribution in [3.05, 3.63) is 35.8 Å². The Morgan fingerprint density at radius 2 is 2.17 bits per heavy atom. The van der Waals surface area contributed by atoms with E-state index in [2.05, 4.69) is 52.8 Å². The van der Waals surface area contributed by atoms with Crippen LogP contribution in [0, 0.1) is 13.8 Å². The molecule has 0 spiro atoms. The third-order valence-electron chi connectivity index (χ3n) is 4.34. The summed E-state index contributed by atoms with van der Waals surface area (Å²) >= 11 is 2.27. The summed E-state index contributed by atoms with van der Waals surface area (Å²) in [5, 5.41) is 3.08. The molecule has 0 aromatic carbocycles. The summed E-state index contributed by atoms with van der Waals surface area (Å²) in [6.07, 6.45) is 3.11. The van der Waals surface area contributed by atoms with Crippen LogP contribution in [0.4, 0.5) is 0 Å². The van der Waals surface area contributed by atoms with Gasteiger partial charge in [0.25, 0.3) is 0 Å². The maximum Gasteiger partial charge on any atom is 0.220 e. The van der Waals surface area contributed by atoms with Gasteiger partial charge in [0.15, 0.2) is 5.82 Å². The Kier molecular flexibility index (Phi) is 5.50. The molecular formula is C17H22IN5O. The number of aromatic nitrogens is 3. The summed E-state index contributed by atoms with van der Waals surface area (Å²) in [4.78, 5) is 21.1. The van der Waals surface area contributed by atoms with E-state index < -0.39 is 0 Å². The third kappa shape index (κ3) is 3.94. The summed E-state index contributed by atoms with van der Waals surface area (Å²) in [5.41, 5.74) is 3.02. The minimum Gasteiger partial charge on any atom is -0.351 e. The second-order valence-electron chi connectivity index (χ2n) is 6.17. The van der Waals surface area contributed by atoms with Gasteiger partial charge in [0.05, 0.1) is 11.7 Å². The number of nitrogens with zero attached hydrogens (tertiary/aromatic N) is 4. The highest BCUT2D eigenvalue weighted by Crippen LogP contribution is 2.21. The molecule has 128 valence electrons. The van der Waals surface area contributed by atoms with Gasteiger partial charge in [-0.25, -0.2) is 8.10 Å². The largest absolute Gasteiger partial charge is 0.351 e. The van der Waals surface area contributed by atoms with Crippen molar-refractivity contribution in [3.63, 3.8) is 0 Å². The highest BCUT2D eigenvalue weighted by Gasteiger charge is 2.25. The van der Waals surface area contributed by atoms with E-state index in [1.165, 1.54) is 0 Å². The van der Waals surface area contributed by atoms with Gasteiger partial charge < -0.3 is 9.88 Å². The van der Waals surface area contributed by atoms with Gasteiger partial charge in [-0.1, -0.05) is 6.07 Å².